The highest BCUT2D eigenvalue weighted by molar-refractivity contribution is 6.31. The Bertz CT molecular complexity index is 505. The summed E-state index contributed by atoms with van der Waals surface area (Å²) in [5, 5.41) is 8.43. The van der Waals surface area contributed by atoms with E-state index in [4.69, 9.17) is 11.6 Å². The molecular formula is C13H16ClN3. The lowest BCUT2D eigenvalue weighted by Crippen LogP contribution is -2.11. The van der Waals surface area contributed by atoms with E-state index in [1.54, 1.807) is 0 Å². The van der Waals surface area contributed by atoms with E-state index in [9.17, 15) is 0 Å². The Morgan fingerprint density at radius 3 is 2.94 bits per heavy atom. The van der Waals surface area contributed by atoms with Gasteiger partial charge in [0.05, 0.1) is 11.4 Å². The molecule has 0 amide bonds. The van der Waals surface area contributed by atoms with Crippen molar-refractivity contribution in [1.29, 1.82) is 0 Å². The second-order valence-electron chi connectivity index (χ2n) is 3.99. The quantitative estimate of drug-likeness (QED) is 0.903. The first-order chi connectivity index (χ1) is 8.22. The SMILES string of the molecule is CNCCc1ccn(-c2cccc(Cl)c2C)n1. The minimum absolute atomic E-state index is 0.773. The van der Waals surface area contributed by atoms with E-state index < -0.39 is 0 Å². The summed E-state index contributed by atoms with van der Waals surface area (Å²) < 4.78 is 1.88. The fourth-order valence-corrected chi connectivity index (χ4v) is 1.90. The largest absolute Gasteiger partial charge is 0.319 e. The predicted molar refractivity (Wildman–Crippen MR) is 70.9 cm³/mol. The van der Waals surface area contributed by atoms with Crippen molar-refractivity contribution in [2.45, 2.75) is 13.3 Å². The van der Waals surface area contributed by atoms with Crippen molar-refractivity contribution in [2.24, 2.45) is 0 Å². The molecule has 0 saturated carbocycles. The molecule has 0 unspecified atom stereocenters. The third kappa shape index (κ3) is 2.68. The van der Waals surface area contributed by atoms with Crippen molar-refractivity contribution in [1.82, 2.24) is 15.1 Å². The molecule has 3 nitrogen and oxygen atoms in total. The highest BCUT2D eigenvalue weighted by atomic mass is 35.5. The number of hydrogen-bond acceptors (Lipinski definition) is 2. The van der Waals surface area contributed by atoms with E-state index in [-0.39, 0.29) is 0 Å². The maximum atomic E-state index is 6.10. The highest BCUT2D eigenvalue weighted by Gasteiger charge is 2.05. The molecule has 1 aromatic carbocycles. The normalized spacial score (nSPS) is 10.8. The first-order valence-electron chi connectivity index (χ1n) is 5.67. The fourth-order valence-electron chi connectivity index (χ4n) is 1.73. The Morgan fingerprint density at radius 2 is 2.18 bits per heavy atom. The fraction of sp³-hybridized carbons (Fsp3) is 0.308. The Labute approximate surface area is 106 Å². The minimum Gasteiger partial charge on any atom is -0.319 e. The Balaban J connectivity index is 2.27. The number of nitrogens with one attached hydrogen (secondary N) is 1. The van der Waals surface area contributed by atoms with Gasteiger partial charge in [0.15, 0.2) is 0 Å². The van der Waals surface area contributed by atoms with Crippen molar-refractivity contribution >= 4 is 11.6 Å². The zero-order valence-corrected chi connectivity index (χ0v) is 10.8. The van der Waals surface area contributed by atoms with Gasteiger partial charge in [0.2, 0.25) is 0 Å². The summed E-state index contributed by atoms with van der Waals surface area (Å²) in [6.45, 7) is 2.94. The molecule has 1 N–H and O–H groups in total. The molecule has 17 heavy (non-hydrogen) atoms. The van der Waals surface area contributed by atoms with Crippen LogP contribution in [0.3, 0.4) is 0 Å². The second kappa shape index (κ2) is 5.34. The van der Waals surface area contributed by atoms with Crippen LogP contribution in [0.15, 0.2) is 30.5 Å². The zero-order valence-electron chi connectivity index (χ0n) is 10.1. The summed E-state index contributed by atoms with van der Waals surface area (Å²) in [7, 11) is 1.94. The van der Waals surface area contributed by atoms with Crippen molar-refractivity contribution in [3.8, 4) is 5.69 Å². The minimum atomic E-state index is 0.773. The molecule has 1 heterocycles. The molecule has 0 saturated heterocycles. The van der Waals surface area contributed by atoms with Crippen LogP contribution in [0.25, 0.3) is 5.69 Å². The molecule has 0 aliphatic carbocycles. The van der Waals surface area contributed by atoms with E-state index in [0.29, 0.717) is 0 Å². The summed E-state index contributed by atoms with van der Waals surface area (Å²) in [5.41, 5.74) is 3.17. The van der Waals surface area contributed by atoms with Gasteiger partial charge in [-0.3, -0.25) is 0 Å². The topological polar surface area (TPSA) is 29.9 Å². The molecule has 0 aliphatic rings. The number of halogens is 1. The van der Waals surface area contributed by atoms with Crippen LogP contribution in [0.2, 0.25) is 5.02 Å². The van der Waals surface area contributed by atoms with Crippen LogP contribution < -0.4 is 5.32 Å². The Hall–Kier alpha value is -1.32. The van der Waals surface area contributed by atoms with Crippen molar-refractivity contribution in [2.75, 3.05) is 13.6 Å². The van der Waals surface area contributed by atoms with Gasteiger partial charge in [-0.1, -0.05) is 17.7 Å². The smallest absolute Gasteiger partial charge is 0.0689 e. The number of aromatic nitrogens is 2. The average Bonchev–Trinajstić information content (AvgIpc) is 2.78. The van der Waals surface area contributed by atoms with Crippen molar-refractivity contribution in [3.63, 3.8) is 0 Å². The zero-order chi connectivity index (χ0) is 12.3. The van der Waals surface area contributed by atoms with Gasteiger partial charge in [0.1, 0.15) is 0 Å². The molecule has 0 spiro atoms. The van der Waals surface area contributed by atoms with Crippen LogP contribution in [0.1, 0.15) is 11.3 Å². The van der Waals surface area contributed by atoms with Crippen LogP contribution in [0.5, 0.6) is 0 Å². The number of rotatable bonds is 4. The van der Waals surface area contributed by atoms with Crippen LogP contribution in [0, 0.1) is 6.92 Å². The van der Waals surface area contributed by atoms with E-state index in [1.807, 2.05) is 49.1 Å². The lowest BCUT2D eigenvalue weighted by Gasteiger charge is -2.06. The standard InChI is InChI=1S/C13H16ClN3/c1-10-12(14)4-3-5-13(10)17-9-7-11(16-17)6-8-15-2/h3-5,7,9,15H,6,8H2,1-2H3. The summed E-state index contributed by atoms with van der Waals surface area (Å²) in [4.78, 5) is 0. The predicted octanol–water partition coefficient (Wildman–Crippen LogP) is 2.60. The van der Waals surface area contributed by atoms with E-state index in [0.717, 1.165) is 34.9 Å². The van der Waals surface area contributed by atoms with Gasteiger partial charge in [0, 0.05) is 24.2 Å². The average molecular weight is 250 g/mol. The molecule has 90 valence electrons. The third-order valence-corrected chi connectivity index (χ3v) is 3.17. The van der Waals surface area contributed by atoms with Gasteiger partial charge in [-0.25, -0.2) is 4.68 Å². The molecule has 0 aliphatic heterocycles. The van der Waals surface area contributed by atoms with Gasteiger partial charge < -0.3 is 5.32 Å². The molecule has 2 rings (SSSR count). The number of benzene rings is 1. The highest BCUT2D eigenvalue weighted by Crippen LogP contribution is 2.21. The maximum absolute atomic E-state index is 6.10. The molecule has 1 aromatic heterocycles. The summed E-state index contributed by atoms with van der Waals surface area (Å²) in [6.07, 6.45) is 2.91. The van der Waals surface area contributed by atoms with Gasteiger partial charge >= 0.3 is 0 Å². The molecule has 0 radical (unpaired) electrons. The molecule has 0 fully saturated rings. The van der Waals surface area contributed by atoms with Crippen LogP contribution in [-0.4, -0.2) is 23.4 Å². The maximum Gasteiger partial charge on any atom is 0.0689 e. The summed E-state index contributed by atoms with van der Waals surface area (Å²) >= 11 is 6.10. The van der Waals surface area contributed by atoms with Gasteiger partial charge in [-0.05, 0) is 37.7 Å². The van der Waals surface area contributed by atoms with Crippen LogP contribution >= 0.6 is 11.6 Å². The molecule has 2 aromatic rings. The van der Waals surface area contributed by atoms with Gasteiger partial charge in [0.25, 0.3) is 0 Å². The van der Waals surface area contributed by atoms with Gasteiger partial charge in [-0.2, -0.15) is 5.10 Å². The number of likely N-dealkylation sites (N-methyl/N-ethyl adjacent to an activating group) is 1. The third-order valence-electron chi connectivity index (χ3n) is 2.76. The summed E-state index contributed by atoms with van der Waals surface area (Å²) in [5.74, 6) is 0. The monoisotopic (exact) mass is 249 g/mol. The van der Waals surface area contributed by atoms with E-state index in [2.05, 4.69) is 10.4 Å². The van der Waals surface area contributed by atoms with Crippen molar-refractivity contribution in [3.05, 3.63) is 46.7 Å². The summed E-state index contributed by atoms with van der Waals surface area (Å²) in [6, 6.07) is 7.90. The molecular weight excluding hydrogens is 234 g/mol. The lowest BCUT2D eigenvalue weighted by atomic mass is 10.2. The second-order valence-corrected chi connectivity index (χ2v) is 4.40. The van der Waals surface area contributed by atoms with Gasteiger partial charge in [-0.15, -0.1) is 0 Å². The number of hydrogen-bond donors (Lipinski definition) is 1. The van der Waals surface area contributed by atoms with Crippen molar-refractivity contribution < 1.29 is 0 Å². The Morgan fingerprint density at radius 1 is 1.35 bits per heavy atom. The Kier molecular flexibility index (Phi) is 3.82. The van der Waals surface area contributed by atoms with E-state index >= 15 is 0 Å². The molecule has 4 heteroatoms. The first kappa shape index (κ1) is 12.1. The first-order valence-corrected chi connectivity index (χ1v) is 6.05. The van der Waals surface area contributed by atoms with Crippen LogP contribution in [0.4, 0.5) is 0 Å². The lowest BCUT2D eigenvalue weighted by molar-refractivity contribution is 0.754. The molecule has 0 bridgehead atoms. The number of nitrogens with zero attached hydrogens (tertiary/aromatic N) is 2. The molecule has 0 atom stereocenters. The van der Waals surface area contributed by atoms with E-state index in [1.165, 1.54) is 0 Å². The van der Waals surface area contributed by atoms with Crippen LogP contribution in [-0.2, 0) is 6.42 Å².